The molecule has 10 aromatic rings. The van der Waals surface area contributed by atoms with Crippen LogP contribution in [0.5, 0.6) is 0 Å². The Morgan fingerprint density at radius 2 is 0.696 bits per heavy atom. The summed E-state index contributed by atoms with van der Waals surface area (Å²) in [6.45, 7) is 31.2. The number of aliphatic hydroxyl groups excluding tert-OH is 1. The minimum atomic E-state index is -1.17. The van der Waals surface area contributed by atoms with Gasteiger partial charge in [0, 0.05) is 14.2 Å². The number of methoxy groups -OCH3 is 2. The Hall–Kier alpha value is -4.83. The van der Waals surface area contributed by atoms with E-state index in [0.29, 0.717) is 96.7 Å². The van der Waals surface area contributed by atoms with E-state index in [1.807, 2.05) is 171 Å². The maximum atomic E-state index is 12.2. The number of ether oxygens (including phenoxy) is 5. The number of aromatic carboxylic acids is 2. The van der Waals surface area contributed by atoms with Gasteiger partial charge >= 0.3 is 29.8 Å². The maximum absolute atomic E-state index is 12.2. The van der Waals surface area contributed by atoms with Gasteiger partial charge in [0.15, 0.2) is 11.6 Å². The Morgan fingerprint density at radius 3 is 1.04 bits per heavy atom. The Morgan fingerprint density at radius 1 is 0.400 bits per heavy atom. The van der Waals surface area contributed by atoms with Gasteiger partial charge in [0.05, 0.1) is 99.8 Å². The van der Waals surface area contributed by atoms with Crippen LogP contribution in [0.25, 0.3) is 0 Å². The molecule has 0 atom stereocenters. The summed E-state index contributed by atoms with van der Waals surface area (Å²) in [5, 5.41) is 37.2. The predicted octanol–water partition coefficient (Wildman–Crippen LogP) is 21.2. The lowest BCUT2D eigenvalue weighted by Crippen LogP contribution is -2.25. The van der Waals surface area contributed by atoms with E-state index in [1.165, 1.54) is 35.3 Å². The third kappa shape index (κ3) is 40.0. The van der Waals surface area contributed by atoms with Crippen molar-refractivity contribution >= 4 is 305 Å². The third-order valence-electron chi connectivity index (χ3n) is 13.8. The molecule has 0 fully saturated rings. The maximum Gasteiger partial charge on any atom is 0.376 e. The fourth-order valence-electron chi connectivity index (χ4n) is 8.48. The summed E-state index contributed by atoms with van der Waals surface area (Å²) in [4.78, 5) is 131. The van der Waals surface area contributed by atoms with Crippen LogP contribution in [0, 0.1) is 76.8 Å². The van der Waals surface area contributed by atoms with Gasteiger partial charge in [-0.3, -0.25) is 4.79 Å². The monoisotopic (exact) mass is 2590 g/mol. The lowest BCUT2D eigenvalue weighted by Gasteiger charge is -2.19. The van der Waals surface area contributed by atoms with Crippen molar-refractivity contribution in [3.8, 4) is 0 Å². The number of para-hydroxylation sites is 2. The predicted molar refractivity (Wildman–Crippen MR) is 542 cm³/mol. The first kappa shape index (κ1) is 116. The average molecular weight is 2590 g/mol. The molecule has 2 aromatic carbocycles. The van der Waals surface area contributed by atoms with E-state index in [-0.39, 0.29) is 64.0 Å². The first-order valence-electron chi connectivity index (χ1n) is 35.4. The zero-order valence-electron chi connectivity index (χ0n) is 70.9. The molecule has 0 amide bonds. The number of carbonyl (C=O) groups excluding carboxylic acids is 3. The van der Waals surface area contributed by atoms with Crippen molar-refractivity contribution in [1.82, 2.24) is 79.7 Å². The van der Waals surface area contributed by atoms with Crippen LogP contribution in [0.15, 0.2) is 68.4 Å². The Bertz CT molecular complexity index is 5410. The number of esters is 3. The molecule has 0 aliphatic rings. The highest BCUT2D eigenvalue weighted by molar-refractivity contribution is 14.1. The second-order valence-electron chi connectivity index (χ2n) is 27.4. The zero-order valence-corrected chi connectivity index (χ0v) is 91.7. The molecule has 0 spiro atoms. The van der Waals surface area contributed by atoms with Gasteiger partial charge in [0.25, 0.3) is 5.56 Å². The second-order valence-corrected chi connectivity index (χ2v) is 38.5. The van der Waals surface area contributed by atoms with Crippen molar-refractivity contribution in [3.63, 3.8) is 0 Å². The Balaban J connectivity index is 0.000000490. The van der Waals surface area contributed by atoms with Crippen LogP contribution in [0.3, 0.4) is 0 Å². The number of nitrogens with zero attached hydrogens (tertiary/aromatic N) is 15. The molecular weight excluding hydrogens is 2510 g/mol. The van der Waals surface area contributed by atoms with Gasteiger partial charge in [0.2, 0.25) is 29.1 Å². The standard InChI is InChI=1S/C17H20ClN3O2S.C13H12ClN3O2S.C11H15IN2O2S.C10H12ClIN2O2.C7H8ClIN2O.C7H9IN2O2.C6H4ClIN2O2.C6H6ClIN2O.ClH/c1-10-13(20-12-9-7-6-8-11(12)18)15(24-5)21-14(19-10)16(22)23-17(2,3)4;1-7-10(16-9-6-4-3-5-8(9)14)12(20-2)17-11(15-7)13(18)19;1-6-7(12)9(17-5)14-8(13-6)10(15)16-11(2,3)4;1-5-6(12)7(11)14-8(13-5)9(15)16-10(2,3)4;1-4-6(9)7(8)11-5(10-4)3-12-2;1-4-6(8)7(11)10-5(9-4)3-12-2;1-2-3(8)4(7)10-5(9-2)6(11)12;1-3-5(8)6(7)10-4(2-11)9-3;/h6-9,20H,1-5H3;3-6,16H,1-2H3,(H,18,19);1-5H3;1-4H3;3H2,1-2H3;3H2,1-2H3,(H,9,10,11);1H3,(H,11,12);11H,2H2,1H3;1H. The third-order valence-corrected chi connectivity index (χ3v) is 27.0. The number of benzene rings is 2. The van der Waals surface area contributed by atoms with Gasteiger partial charge in [-0.05, 0) is 296 Å². The van der Waals surface area contributed by atoms with Crippen LogP contribution >= 0.6 is 253 Å². The number of aliphatic hydroxyl groups is 1. The fraction of sp³-hybridized carbons (Fsp3) is 0.364. The number of anilines is 4. The lowest BCUT2D eigenvalue weighted by molar-refractivity contribution is 0.00422. The number of carboxylic acids is 2. The number of rotatable bonds is 17. The SMILES string of the molecule is COCc1nc(C)c(I)c(=O)[nH]1.COCc1nc(C)c(I)c(Cl)n1.CSc1nc(C(=O)O)nc(C)c1Nc1ccccc1Cl.CSc1nc(C(=O)OC(C)(C)C)nc(C)c1I.CSc1nc(C(=O)OC(C)(C)C)nc(C)c1Nc1ccccc1Cl.Cc1nc(C(=O)O)nc(Cl)c1I.Cc1nc(C(=O)OC(C)(C)C)nc(Cl)c1I.Cc1nc(CO)nc(Cl)c1I.Cl. The molecule has 10 rings (SSSR count). The minimum Gasteiger partial charge on any atom is -0.475 e. The van der Waals surface area contributed by atoms with Crippen LogP contribution < -0.4 is 16.2 Å². The van der Waals surface area contributed by atoms with Gasteiger partial charge in [-0.25, -0.2) is 98.7 Å². The van der Waals surface area contributed by atoms with Crippen molar-refractivity contribution in [2.24, 2.45) is 0 Å². The van der Waals surface area contributed by atoms with E-state index < -0.39 is 46.6 Å². The zero-order chi connectivity index (χ0) is 94.3. The van der Waals surface area contributed by atoms with E-state index in [2.05, 4.69) is 158 Å². The highest BCUT2D eigenvalue weighted by atomic mass is 127. The van der Waals surface area contributed by atoms with Crippen molar-refractivity contribution in [2.75, 3.05) is 43.6 Å². The quantitative estimate of drug-likeness (QED) is 0.0162. The highest BCUT2D eigenvalue weighted by Crippen LogP contribution is 2.35. The number of aryl methyl sites for hydroxylation is 8. The van der Waals surface area contributed by atoms with Gasteiger partial charge in [-0.15, -0.1) is 47.7 Å². The molecule has 0 bridgehead atoms. The van der Waals surface area contributed by atoms with Crippen LogP contribution in [0.1, 0.15) is 178 Å². The number of H-pyrrole nitrogens is 1. The summed E-state index contributed by atoms with van der Waals surface area (Å²) in [6.07, 6.45) is 5.63. The summed E-state index contributed by atoms with van der Waals surface area (Å²) < 4.78 is 30.2. The normalized spacial score (nSPS) is 10.6. The largest absolute Gasteiger partial charge is 0.475 e. The lowest BCUT2D eigenvalue weighted by atomic mass is 10.2. The molecule has 0 saturated heterocycles. The fourth-order valence-corrected chi connectivity index (χ4v) is 13.5. The van der Waals surface area contributed by atoms with Crippen molar-refractivity contribution < 1.29 is 63.0 Å². The topological polar surface area (TPSA) is 442 Å². The number of aromatic amines is 1. The van der Waals surface area contributed by atoms with Crippen molar-refractivity contribution in [1.29, 1.82) is 0 Å². The molecule has 0 saturated carbocycles. The smallest absolute Gasteiger partial charge is 0.376 e. The molecule has 32 nitrogen and oxygen atoms in total. The van der Waals surface area contributed by atoms with Crippen LogP contribution in [-0.4, -0.2) is 175 Å². The first-order valence-corrected chi connectivity index (χ1v) is 47.8. The molecule has 0 aliphatic heterocycles. The van der Waals surface area contributed by atoms with Crippen LogP contribution in [-0.2, 0) is 43.5 Å². The van der Waals surface area contributed by atoms with E-state index in [1.54, 1.807) is 95.6 Å². The molecule has 48 heteroatoms. The second kappa shape index (κ2) is 55.5. The number of hydrogen-bond acceptors (Lipinski definition) is 32. The van der Waals surface area contributed by atoms with Crippen molar-refractivity contribution in [2.45, 2.75) is 169 Å². The van der Waals surface area contributed by atoms with Crippen LogP contribution in [0.2, 0.25) is 30.7 Å². The first-order chi connectivity index (χ1) is 57.6. The molecule has 8 heterocycles. The Kier molecular flexibility index (Phi) is 51.6. The summed E-state index contributed by atoms with van der Waals surface area (Å²) in [5.74, 6) is -2.63. The minimum absolute atomic E-state index is 0. The summed E-state index contributed by atoms with van der Waals surface area (Å²) in [7, 11) is 3.16. The molecule has 125 heavy (non-hydrogen) atoms. The summed E-state index contributed by atoms with van der Waals surface area (Å²) in [6, 6.07) is 14.7. The molecule has 0 unspecified atom stereocenters. The number of carboxylic acid groups (broad SMARTS) is 2. The number of carbonyl (C=O) groups is 5. The Labute approximate surface area is 853 Å². The van der Waals surface area contributed by atoms with Crippen LogP contribution in [0.4, 0.5) is 22.7 Å². The summed E-state index contributed by atoms with van der Waals surface area (Å²) in [5.41, 5.74) is 6.75. The van der Waals surface area contributed by atoms with E-state index in [0.717, 1.165) is 59.1 Å². The van der Waals surface area contributed by atoms with Gasteiger partial charge in [-0.2, -0.15) is 0 Å². The molecule has 8 aromatic heterocycles. The number of hydrogen-bond donors (Lipinski definition) is 6. The summed E-state index contributed by atoms with van der Waals surface area (Å²) >= 11 is 51.9. The van der Waals surface area contributed by atoms with E-state index in [4.69, 9.17) is 109 Å². The number of thioether (sulfide) groups is 3. The molecule has 0 aliphatic carbocycles. The molecule has 0 radical (unpaired) electrons. The number of halogens is 13. The van der Waals surface area contributed by atoms with Gasteiger partial charge in [-0.1, -0.05) is 93.9 Å². The van der Waals surface area contributed by atoms with E-state index >= 15 is 0 Å². The van der Waals surface area contributed by atoms with Gasteiger partial charge in [0.1, 0.15) is 78.1 Å². The van der Waals surface area contributed by atoms with Gasteiger partial charge < -0.3 is 54.6 Å². The molecule has 6 N–H and O–H groups in total. The molecule has 678 valence electrons. The highest BCUT2D eigenvalue weighted by Gasteiger charge is 2.27. The van der Waals surface area contributed by atoms with E-state index in [9.17, 15) is 28.8 Å². The number of nitrogens with one attached hydrogen (secondary N) is 3. The average Bonchev–Trinajstić information content (AvgIpc) is 0.814. The van der Waals surface area contributed by atoms with Crippen molar-refractivity contribution in [3.05, 3.63) is 203 Å². The number of aromatic nitrogens is 16. The molecular formula is C77H87Cl7I6N18O14S3.